The minimum absolute atomic E-state index is 0.0213. The Kier molecular flexibility index (Phi) is 5.14. The third kappa shape index (κ3) is 3.05. The van der Waals surface area contributed by atoms with Crippen molar-refractivity contribution >= 4 is 0 Å². The van der Waals surface area contributed by atoms with E-state index in [2.05, 4.69) is 25.7 Å². The summed E-state index contributed by atoms with van der Waals surface area (Å²) in [6, 6.07) is 0.581. The van der Waals surface area contributed by atoms with Crippen molar-refractivity contribution in [3.63, 3.8) is 0 Å². The molecule has 1 aliphatic carbocycles. The van der Waals surface area contributed by atoms with Crippen molar-refractivity contribution in [3.05, 3.63) is 0 Å². The molecule has 0 radical (unpaired) electrons. The molecule has 3 N–H and O–H groups in total. The Labute approximate surface area is 124 Å². The van der Waals surface area contributed by atoms with Crippen LogP contribution in [0.5, 0.6) is 0 Å². The lowest BCUT2D eigenvalue weighted by atomic mass is 9.59. The molecule has 0 aromatic carbocycles. The molecule has 2 aliphatic rings. The normalized spacial score (nSPS) is 40.8. The summed E-state index contributed by atoms with van der Waals surface area (Å²) in [5, 5.41) is 11.4. The smallest absolute Gasteiger partial charge is 0.0728 e. The molecule has 1 heterocycles. The zero-order valence-electron chi connectivity index (χ0n) is 13.7. The molecule has 1 saturated carbocycles. The molecule has 20 heavy (non-hydrogen) atoms. The molecule has 0 aromatic heterocycles. The summed E-state index contributed by atoms with van der Waals surface area (Å²) in [5.41, 5.74) is 5.61. The van der Waals surface area contributed by atoms with Crippen molar-refractivity contribution in [1.29, 1.82) is 0 Å². The van der Waals surface area contributed by atoms with Gasteiger partial charge in [-0.1, -0.05) is 19.8 Å². The van der Waals surface area contributed by atoms with Crippen molar-refractivity contribution < 1.29 is 5.11 Å². The van der Waals surface area contributed by atoms with E-state index < -0.39 is 5.60 Å². The SMILES string of the molecule is CC1CCC(CN)(C2(O)CCCN(C(C)C)CC2)CC1. The Hall–Kier alpha value is -0.120. The van der Waals surface area contributed by atoms with Gasteiger partial charge in [-0.3, -0.25) is 0 Å². The van der Waals surface area contributed by atoms with Crippen LogP contribution in [0.15, 0.2) is 0 Å². The molecule has 1 unspecified atom stereocenters. The van der Waals surface area contributed by atoms with E-state index in [0.29, 0.717) is 12.6 Å². The zero-order chi connectivity index (χ0) is 14.8. The topological polar surface area (TPSA) is 49.5 Å². The predicted molar refractivity (Wildman–Crippen MR) is 84.6 cm³/mol. The largest absolute Gasteiger partial charge is 0.389 e. The molecule has 2 fully saturated rings. The van der Waals surface area contributed by atoms with Crippen LogP contribution >= 0.6 is 0 Å². The number of nitrogens with two attached hydrogens (primary N) is 1. The fourth-order valence-electron chi connectivity index (χ4n) is 4.36. The maximum atomic E-state index is 11.4. The van der Waals surface area contributed by atoms with Gasteiger partial charge in [0.2, 0.25) is 0 Å². The Balaban J connectivity index is 2.11. The van der Waals surface area contributed by atoms with Crippen molar-refractivity contribution in [2.75, 3.05) is 19.6 Å². The summed E-state index contributed by atoms with van der Waals surface area (Å²) >= 11 is 0. The van der Waals surface area contributed by atoms with Crippen LogP contribution in [-0.4, -0.2) is 41.3 Å². The first-order valence-electron chi connectivity index (χ1n) is 8.59. The molecule has 0 aromatic rings. The Morgan fingerprint density at radius 2 is 1.80 bits per heavy atom. The van der Waals surface area contributed by atoms with Gasteiger partial charge in [0.1, 0.15) is 0 Å². The van der Waals surface area contributed by atoms with Crippen LogP contribution in [0.2, 0.25) is 0 Å². The van der Waals surface area contributed by atoms with Gasteiger partial charge in [0.05, 0.1) is 5.60 Å². The second-order valence-electron chi connectivity index (χ2n) is 7.68. The molecule has 0 spiro atoms. The summed E-state index contributed by atoms with van der Waals surface area (Å²) in [5.74, 6) is 0.802. The number of likely N-dealkylation sites (tertiary alicyclic amines) is 1. The predicted octanol–water partition coefficient (Wildman–Crippen LogP) is 2.77. The minimum atomic E-state index is -0.536. The van der Waals surface area contributed by atoms with E-state index in [1.165, 1.54) is 12.8 Å². The van der Waals surface area contributed by atoms with E-state index in [9.17, 15) is 5.11 Å². The molecule has 0 bridgehead atoms. The Bertz CT molecular complexity index is 310. The second-order valence-corrected chi connectivity index (χ2v) is 7.68. The molecule has 0 amide bonds. The van der Waals surface area contributed by atoms with E-state index in [-0.39, 0.29) is 5.41 Å². The molecule has 118 valence electrons. The minimum Gasteiger partial charge on any atom is -0.389 e. The molecule has 3 nitrogen and oxygen atoms in total. The first kappa shape index (κ1) is 16.3. The van der Waals surface area contributed by atoms with Crippen LogP contribution in [0, 0.1) is 11.3 Å². The van der Waals surface area contributed by atoms with Gasteiger partial charge in [0.15, 0.2) is 0 Å². The highest BCUT2D eigenvalue weighted by Crippen LogP contribution is 2.49. The van der Waals surface area contributed by atoms with Crippen LogP contribution < -0.4 is 5.73 Å². The van der Waals surface area contributed by atoms with Crippen LogP contribution in [0.4, 0.5) is 0 Å². The first-order chi connectivity index (χ1) is 9.42. The zero-order valence-corrected chi connectivity index (χ0v) is 13.7. The summed E-state index contributed by atoms with van der Waals surface area (Å²) in [6.07, 6.45) is 7.62. The van der Waals surface area contributed by atoms with E-state index in [1.807, 2.05) is 0 Å². The monoisotopic (exact) mass is 282 g/mol. The molecular weight excluding hydrogens is 248 g/mol. The van der Waals surface area contributed by atoms with E-state index in [0.717, 1.165) is 51.1 Å². The fourth-order valence-corrected chi connectivity index (χ4v) is 4.36. The standard InChI is InChI=1S/C17H34N2O/c1-14(2)19-11-4-7-17(20,10-12-19)16(13-18)8-5-15(3)6-9-16/h14-15,20H,4-13,18H2,1-3H3. The van der Waals surface area contributed by atoms with Gasteiger partial charge in [-0.05, 0) is 58.4 Å². The Morgan fingerprint density at radius 3 is 2.35 bits per heavy atom. The number of aliphatic hydroxyl groups is 1. The van der Waals surface area contributed by atoms with Gasteiger partial charge in [0.25, 0.3) is 0 Å². The molecule has 1 saturated heterocycles. The van der Waals surface area contributed by atoms with Crippen LogP contribution in [0.1, 0.15) is 65.7 Å². The number of nitrogens with zero attached hydrogens (tertiary/aromatic N) is 1. The quantitative estimate of drug-likeness (QED) is 0.837. The lowest BCUT2D eigenvalue weighted by molar-refractivity contribution is -0.113. The highest BCUT2D eigenvalue weighted by molar-refractivity contribution is 5.03. The number of rotatable bonds is 3. The summed E-state index contributed by atoms with van der Waals surface area (Å²) in [6.45, 7) is 9.63. The summed E-state index contributed by atoms with van der Waals surface area (Å²) in [7, 11) is 0. The van der Waals surface area contributed by atoms with Gasteiger partial charge in [0, 0.05) is 24.5 Å². The van der Waals surface area contributed by atoms with Gasteiger partial charge in [-0.15, -0.1) is 0 Å². The van der Waals surface area contributed by atoms with E-state index in [1.54, 1.807) is 0 Å². The average molecular weight is 282 g/mol. The van der Waals surface area contributed by atoms with Crippen LogP contribution in [0.25, 0.3) is 0 Å². The summed E-state index contributed by atoms with van der Waals surface area (Å²) in [4.78, 5) is 2.51. The van der Waals surface area contributed by atoms with E-state index >= 15 is 0 Å². The van der Waals surface area contributed by atoms with E-state index in [4.69, 9.17) is 5.73 Å². The average Bonchev–Trinajstić information content (AvgIpc) is 2.63. The number of hydrogen-bond acceptors (Lipinski definition) is 3. The highest BCUT2D eigenvalue weighted by atomic mass is 16.3. The highest BCUT2D eigenvalue weighted by Gasteiger charge is 2.50. The van der Waals surface area contributed by atoms with Crippen molar-refractivity contribution in [1.82, 2.24) is 4.90 Å². The first-order valence-corrected chi connectivity index (χ1v) is 8.59. The van der Waals surface area contributed by atoms with Gasteiger partial charge in [-0.2, -0.15) is 0 Å². The van der Waals surface area contributed by atoms with Gasteiger partial charge >= 0.3 is 0 Å². The lowest BCUT2D eigenvalue weighted by Crippen LogP contribution is -2.54. The third-order valence-corrected chi connectivity index (χ3v) is 6.19. The van der Waals surface area contributed by atoms with Crippen LogP contribution in [-0.2, 0) is 0 Å². The molecule has 3 heteroatoms. The molecule has 1 aliphatic heterocycles. The maximum Gasteiger partial charge on any atom is 0.0728 e. The van der Waals surface area contributed by atoms with Crippen molar-refractivity contribution in [3.8, 4) is 0 Å². The third-order valence-electron chi connectivity index (χ3n) is 6.19. The second kappa shape index (κ2) is 6.33. The van der Waals surface area contributed by atoms with Gasteiger partial charge < -0.3 is 15.7 Å². The molecule has 1 atom stereocenters. The maximum absolute atomic E-state index is 11.4. The Morgan fingerprint density at radius 1 is 1.15 bits per heavy atom. The molecular formula is C17H34N2O. The lowest BCUT2D eigenvalue weighted by Gasteiger charge is -2.50. The molecule has 2 rings (SSSR count). The van der Waals surface area contributed by atoms with Crippen molar-refractivity contribution in [2.24, 2.45) is 17.1 Å². The van der Waals surface area contributed by atoms with Crippen LogP contribution in [0.3, 0.4) is 0 Å². The summed E-state index contributed by atoms with van der Waals surface area (Å²) < 4.78 is 0. The number of hydrogen-bond donors (Lipinski definition) is 2. The van der Waals surface area contributed by atoms with Gasteiger partial charge in [-0.25, -0.2) is 0 Å². The fraction of sp³-hybridized carbons (Fsp3) is 1.00. The van der Waals surface area contributed by atoms with Crippen molar-refractivity contribution in [2.45, 2.75) is 77.4 Å².